The van der Waals surface area contributed by atoms with Gasteiger partial charge in [-0.05, 0) is 37.6 Å². The molecule has 0 saturated heterocycles. The van der Waals surface area contributed by atoms with E-state index in [9.17, 15) is 0 Å². The fraction of sp³-hybridized carbons (Fsp3) is 0.214. The molecule has 0 aliphatic carbocycles. The summed E-state index contributed by atoms with van der Waals surface area (Å²) in [5.41, 5.74) is 10.0. The minimum atomic E-state index is 0.601. The zero-order valence-electron chi connectivity index (χ0n) is 9.70. The second-order valence-electron chi connectivity index (χ2n) is 4.10. The van der Waals surface area contributed by atoms with E-state index < -0.39 is 0 Å². The highest BCUT2D eigenvalue weighted by atomic mass is 14.7. The van der Waals surface area contributed by atoms with Crippen molar-refractivity contribution < 1.29 is 0 Å². The summed E-state index contributed by atoms with van der Waals surface area (Å²) in [5, 5.41) is 1.17. The highest BCUT2D eigenvalue weighted by Crippen LogP contribution is 2.16. The smallest absolute Gasteiger partial charge is 0.0705 e. The van der Waals surface area contributed by atoms with Crippen LogP contribution in [0.3, 0.4) is 0 Å². The third kappa shape index (κ3) is 2.28. The standard InChI is InChI=1S/C14H16N2/c1-10(9-15)7-12-4-6-14-13(8-12)5-3-11(2)16-14/h3-8H,9,15H2,1-2H3/b10-7-. The number of aryl methyl sites for hydroxylation is 1. The number of fused-ring (bicyclic) bond motifs is 1. The highest BCUT2D eigenvalue weighted by molar-refractivity contribution is 5.81. The average molecular weight is 212 g/mol. The van der Waals surface area contributed by atoms with Crippen molar-refractivity contribution in [2.75, 3.05) is 6.54 Å². The lowest BCUT2D eigenvalue weighted by Crippen LogP contribution is -1.99. The fourth-order valence-corrected chi connectivity index (χ4v) is 1.68. The second kappa shape index (κ2) is 4.45. The van der Waals surface area contributed by atoms with Gasteiger partial charge in [0.1, 0.15) is 0 Å². The van der Waals surface area contributed by atoms with Gasteiger partial charge in [0.25, 0.3) is 0 Å². The first kappa shape index (κ1) is 10.8. The van der Waals surface area contributed by atoms with Gasteiger partial charge in [0.15, 0.2) is 0 Å². The van der Waals surface area contributed by atoms with Crippen LogP contribution in [0, 0.1) is 6.92 Å². The zero-order valence-corrected chi connectivity index (χ0v) is 9.70. The number of hydrogen-bond donors (Lipinski definition) is 1. The number of pyridine rings is 1. The first-order chi connectivity index (χ1) is 7.69. The molecule has 2 aromatic rings. The van der Waals surface area contributed by atoms with Crippen LogP contribution in [-0.4, -0.2) is 11.5 Å². The molecule has 0 aliphatic rings. The minimum Gasteiger partial charge on any atom is -0.327 e. The van der Waals surface area contributed by atoms with Crippen LogP contribution in [0.5, 0.6) is 0 Å². The van der Waals surface area contributed by atoms with Gasteiger partial charge in [-0.15, -0.1) is 0 Å². The molecular weight excluding hydrogens is 196 g/mol. The van der Waals surface area contributed by atoms with E-state index >= 15 is 0 Å². The topological polar surface area (TPSA) is 38.9 Å². The number of benzene rings is 1. The van der Waals surface area contributed by atoms with Gasteiger partial charge in [-0.1, -0.05) is 23.8 Å². The van der Waals surface area contributed by atoms with E-state index in [1.54, 1.807) is 0 Å². The van der Waals surface area contributed by atoms with Gasteiger partial charge in [0.05, 0.1) is 5.52 Å². The predicted molar refractivity (Wildman–Crippen MR) is 69.2 cm³/mol. The molecular formula is C14H16N2. The summed E-state index contributed by atoms with van der Waals surface area (Å²) in [6.45, 7) is 4.65. The molecule has 0 radical (unpaired) electrons. The highest BCUT2D eigenvalue weighted by Gasteiger charge is 1.96. The van der Waals surface area contributed by atoms with Crippen molar-refractivity contribution in [2.24, 2.45) is 5.73 Å². The van der Waals surface area contributed by atoms with Crippen LogP contribution in [0.1, 0.15) is 18.2 Å². The van der Waals surface area contributed by atoms with Crippen LogP contribution in [-0.2, 0) is 0 Å². The SMILES string of the molecule is C/C(=C/c1ccc2nc(C)ccc2c1)CN. The van der Waals surface area contributed by atoms with Crippen LogP contribution in [0.2, 0.25) is 0 Å². The Labute approximate surface area is 95.8 Å². The maximum Gasteiger partial charge on any atom is 0.0705 e. The maximum atomic E-state index is 5.57. The molecule has 0 unspecified atom stereocenters. The Balaban J connectivity index is 2.48. The zero-order chi connectivity index (χ0) is 11.5. The number of aromatic nitrogens is 1. The summed E-state index contributed by atoms with van der Waals surface area (Å²) >= 11 is 0. The van der Waals surface area contributed by atoms with E-state index in [4.69, 9.17) is 5.73 Å². The minimum absolute atomic E-state index is 0.601. The lowest BCUT2D eigenvalue weighted by molar-refractivity contribution is 1.15. The van der Waals surface area contributed by atoms with Crippen molar-refractivity contribution in [2.45, 2.75) is 13.8 Å². The lowest BCUT2D eigenvalue weighted by Gasteiger charge is -2.01. The summed E-state index contributed by atoms with van der Waals surface area (Å²) in [6.07, 6.45) is 2.11. The van der Waals surface area contributed by atoms with E-state index in [0.717, 1.165) is 11.2 Å². The molecule has 2 rings (SSSR count). The van der Waals surface area contributed by atoms with Crippen LogP contribution >= 0.6 is 0 Å². The molecule has 0 saturated carbocycles. The molecule has 16 heavy (non-hydrogen) atoms. The van der Waals surface area contributed by atoms with E-state index in [1.807, 2.05) is 19.9 Å². The molecule has 0 spiro atoms. The summed E-state index contributed by atoms with van der Waals surface area (Å²) in [4.78, 5) is 4.47. The molecule has 0 bridgehead atoms. The third-order valence-corrected chi connectivity index (χ3v) is 2.59. The average Bonchev–Trinajstić information content (AvgIpc) is 2.29. The molecule has 2 heteroatoms. The van der Waals surface area contributed by atoms with Crippen LogP contribution < -0.4 is 5.73 Å². The largest absolute Gasteiger partial charge is 0.327 e. The Morgan fingerprint density at radius 3 is 2.88 bits per heavy atom. The van der Waals surface area contributed by atoms with Crippen LogP contribution in [0.4, 0.5) is 0 Å². The van der Waals surface area contributed by atoms with E-state index in [0.29, 0.717) is 6.54 Å². The van der Waals surface area contributed by atoms with Gasteiger partial charge in [-0.2, -0.15) is 0 Å². The van der Waals surface area contributed by atoms with E-state index in [-0.39, 0.29) is 0 Å². The van der Waals surface area contributed by atoms with Crippen LogP contribution in [0.15, 0.2) is 35.9 Å². The molecule has 1 heterocycles. The lowest BCUT2D eigenvalue weighted by atomic mass is 10.1. The first-order valence-electron chi connectivity index (χ1n) is 5.44. The normalized spacial score (nSPS) is 12.1. The summed E-state index contributed by atoms with van der Waals surface area (Å²) < 4.78 is 0. The second-order valence-corrected chi connectivity index (χ2v) is 4.10. The van der Waals surface area contributed by atoms with Crippen molar-refractivity contribution in [1.82, 2.24) is 4.98 Å². The number of nitrogens with two attached hydrogens (primary N) is 1. The van der Waals surface area contributed by atoms with Gasteiger partial charge < -0.3 is 5.73 Å². The fourth-order valence-electron chi connectivity index (χ4n) is 1.68. The predicted octanol–water partition coefficient (Wildman–Crippen LogP) is 2.91. The number of hydrogen-bond acceptors (Lipinski definition) is 2. The van der Waals surface area contributed by atoms with Crippen molar-refractivity contribution in [3.63, 3.8) is 0 Å². The number of nitrogens with zero attached hydrogens (tertiary/aromatic N) is 1. The molecule has 1 aromatic carbocycles. The molecule has 0 atom stereocenters. The molecule has 0 fully saturated rings. The molecule has 2 N–H and O–H groups in total. The Morgan fingerprint density at radius 1 is 1.31 bits per heavy atom. The molecule has 0 amide bonds. The first-order valence-corrected chi connectivity index (χ1v) is 5.44. The van der Waals surface area contributed by atoms with Gasteiger partial charge in [-0.25, -0.2) is 0 Å². The van der Waals surface area contributed by atoms with Gasteiger partial charge in [0.2, 0.25) is 0 Å². The summed E-state index contributed by atoms with van der Waals surface area (Å²) in [5.74, 6) is 0. The Bertz CT molecular complexity index is 541. The summed E-state index contributed by atoms with van der Waals surface area (Å²) in [6, 6.07) is 10.4. The van der Waals surface area contributed by atoms with E-state index in [1.165, 1.54) is 16.5 Å². The molecule has 1 aromatic heterocycles. The van der Waals surface area contributed by atoms with Gasteiger partial charge in [0, 0.05) is 17.6 Å². The molecule has 82 valence electrons. The van der Waals surface area contributed by atoms with Crippen molar-refractivity contribution >= 4 is 17.0 Å². The van der Waals surface area contributed by atoms with Crippen molar-refractivity contribution in [3.8, 4) is 0 Å². The monoisotopic (exact) mass is 212 g/mol. The Morgan fingerprint density at radius 2 is 2.12 bits per heavy atom. The maximum absolute atomic E-state index is 5.57. The Kier molecular flexibility index (Phi) is 3.02. The van der Waals surface area contributed by atoms with Gasteiger partial charge >= 0.3 is 0 Å². The van der Waals surface area contributed by atoms with Crippen LogP contribution in [0.25, 0.3) is 17.0 Å². The molecule has 2 nitrogen and oxygen atoms in total. The quantitative estimate of drug-likeness (QED) is 0.831. The van der Waals surface area contributed by atoms with Crippen molar-refractivity contribution in [3.05, 3.63) is 47.2 Å². The van der Waals surface area contributed by atoms with E-state index in [2.05, 4.69) is 35.3 Å². The van der Waals surface area contributed by atoms with Crippen molar-refractivity contribution in [1.29, 1.82) is 0 Å². The Hall–Kier alpha value is -1.67. The third-order valence-electron chi connectivity index (χ3n) is 2.59. The van der Waals surface area contributed by atoms with Gasteiger partial charge in [-0.3, -0.25) is 4.98 Å². The number of rotatable bonds is 2. The summed E-state index contributed by atoms with van der Waals surface area (Å²) in [7, 11) is 0. The molecule has 0 aliphatic heterocycles.